The van der Waals surface area contributed by atoms with Gasteiger partial charge in [0.05, 0.1) is 10.7 Å². The van der Waals surface area contributed by atoms with Crippen LogP contribution < -0.4 is 5.73 Å². The summed E-state index contributed by atoms with van der Waals surface area (Å²) in [6.07, 6.45) is 0.679. The Morgan fingerprint density at radius 3 is 2.78 bits per heavy atom. The lowest BCUT2D eigenvalue weighted by molar-refractivity contribution is 0.486. The number of benzene rings is 1. The fourth-order valence-corrected chi connectivity index (χ4v) is 3.42. The largest absolute Gasteiger partial charge is 0.321 e. The molecule has 1 aromatic carbocycles. The van der Waals surface area contributed by atoms with Crippen molar-refractivity contribution in [2.75, 3.05) is 0 Å². The van der Waals surface area contributed by atoms with Gasteiger partial charge in [0.2, 0.25) is 0 Å². The van der Waals surface area contributed by atoms with E-state index in [2.05, 4.69) is 20.9 Å². The molecule has 0 radical (unpaired) electrons. The minimum Gasteiger partial charge on any atom is -0.321 e. The van der Waals surface area contributed by atoms with Crippen LogP contribution in [0.15, 0.2) is 28.1 Å². The van der Waals surface area contributed by atoms with Crippen LogP contribution in [0.1, 0.15) is 23.2 Å². The minimum absolute atomic E-state index is 0.516. The third-order valence-corrected chi connectivity index (χ3v) is 4.39. The van der Waals surface area contributed by atoms with Crippen LogP contribution in [-0.2, 0) is 12.0 Å². The van der Waals surface area contributed by atoms with E-state index in [0.29, 0.717) is 11.4 Å². The smallest absolute Gasteiger partial charge is 0.0897 e. The first-order valence-electron chi connectivity index (χ1n) is 5.54. The van der Waals surface area contributed by atoms with E-state index < -0.39 is 5.54 Å². The van der Waals surface area contributed by atoms with Crippen LogP contribution in [-0.4, -0.2) is 4.98 Å². The summed E-state index contributed by atoms with van der Waals surface area (Å²) in [6.45, 7) is 3.98. The molecule has 0 spiro atoms. The van der Waals surface area contributed by atoms with Gasteiger partial charge in [-0.3, -0.25) is 0 Å². The highest BCUT2D eigenvalue weighted by Crippen LogP contribution is 2.31. The van der Waals surface area contributed by atoms with E-state index in [1.54, 1.807) is 11.3 Å². The van der Waals surface area contributed by atoms with Gasteiger partial charge in [-0.25, -0.2) is 4.98 Å². The molecule has 2 nitrogen and oxygen atoms in total. The monoisotopic (exact) mass is 344 g/mol. The first kappa shape index (κ1) is 14.0. The Labute approximate surface area is 124 Å². The summed E-state index contributed by atoms with van der Waals surface area (Å²) < 4.78 is 0.955. The number of nitrogens with two attached hydrogens (primary N) is 1. The van der Waals surface area contributed by atoms with Crippen molar-refractivity contribution < 1.29 is 0 Å². The van der Waals surface area contributed by atoms with Crippen molar-refractivity contribution in [3.05, 3.63) is 49.3 Å². The number of hydrogen-bond acceptors (Lipinski definition) is 3. The Morgan fingerprint density at radius 2 is 2.22 bits per heavy atom. The second kappa shape index (κ2) is 5.29. The average molecular weight is 346 g/mol. The highest BCUT2D eigenvalue weighted by atomic mass is 79.9. The van der Waals surface area contributed by atoms with Crippen LogP contribution in [0.4, 0.5) is 0 Å². The van der Waals surface area contributed by atoms with Gasteiger partial charge < -0.3 is 5.73 Å². The standard InChI is InChI=1S/C13H14BrClN2S/c1-8-17-10(7-18-8)6-13(2,16)11-4-3-9(14)5-12(11)15/h3-5,7H,6,16H2,1-2H3. The van der Waals surface area contributed by atoms with E-state index in [1.807, 2.05) is 37.4 Å². The zero-order chi connectivity index (χ0) is 13.3. The quantitative estimate of drug-likeness (QED) is 0.901. The summed E-state index contributed by atoms with van der Waals surface area (Å²) >= 11 is 11.3. The van der Waals surface area contributed by atoms with E-state index in [4.69, 9.17) is 17.3 Å². The summed E-state index contributed by atoms with van der Waals surface area (Å²) in [4.78, 5) is 4.45. The summed E-state index contributed by atoms with van der Waals surface area (Å²) in [7, 11) is 0. The van der Waals surface area contributed by atoms with Gasteiger partial charge in [-0.2, -0.15) is 0 Å². The molecule has 96 valence electrons. The van der Waals surface area contributed by atoms with Crippen LogP contribution in [0.5, 0.6) is 0 Å². The molecule has 1 unspecified atom stereocenters. The van der Waals surface area contributed by atoms with Crippen molar-refractivity contribution in [2.24, 2.45) is 5.73 Å². The van der Waals surface area contributed by atoms with Crippen molar-refractivity contribution in [1.82, 2.24) is 4.98 Å². The van der Waals surface area contributed by atoms with Crippen LogP contribution in [0.3, 0.4) is 0 Å². The Balaban J connectivity index is 2.29. The van der Waals surface area contributed by atoms with Gasteiger partial charge in [0.25, 0.3) is 0 Å². The molecule has 18 heavy (non-hydrogen) atoms. The lowest BCUT2D eigenvalue weighted by Gasteiger charge is -2.25. The normalized spacial score (nSPS) is 14.5. The molecule has 2 aromatic rings. The molecule has 0 aliphatic carbocycles. The van der Waals surface area contributed by atoms with Gasteiger partial charge in [0, 0.05) is 26.8 Å². The molecule has 0 bridgehead atoms. The Bertz CT molecular complexity index is 566. The molecular formula is C13H14BrClN2S. The number of rotatable bonds is 3. The van der Waals surface area contributed by atoms with Crippen molar-refractivity contribution in [2.45, 2.75) is 25.8 Å². The topological polar surface area (TPSA) is 38.9 Å². The second-order valence-corrected chi connectivity index (χ2v) is 6.96. The SMILES string of the molecule is Cc1nc(CC(C)(N)c2ccc(Br)cc2Cl)cs1. The molecule has 0 saturated carbocycles. The van der Waals surface area contributed by atoms with E-state index in [0.717, 1.165) is 20.7 Å². The zero-order valence-corrected chi connectivity index (χ0v) is 13.4. The maximum absolute atomic E-state index is 6.40. The van der Waals surface area contributed by atoms with Crippen molar-refractivity contribution in [1.29, 1.82) is 0 Å². The number of halogens is 2. The van der Waals surface area contributed by atoms with Crippen LogP contribution >= 0.6 is 38.9 Å². The predicted octanol–water partition coefficient (Wildman–Crippen LogP) is 4.28. The van der Waals surface area contributed by atoms with Gasteiger partial charge in [0.15, 0.2) is 0 Å². The minimum atomic E-state index is -0.516. The van der Waals surface area contributed by atoms with E-state index in [9.17, 15) is 0 Å². The lowest BCUT2D eigenvalue weighted by atomic mass is 9.88. The predicted molar refractivity (Wildman–Crippen MR) is 81.2 cm³/mol. The first-order valence-corrected chi connectivity index (χ1v) is 7.59. The average Bonchev–Trinajstić information content (AvgIpc) is 2.62. The van der Waals surface area contributed by atoms with Crippen LogP contribution in [0, 0.1) is 6.92 Å². The van der Waals surface area contributed by atoms with Crippen LogP contribution in [0.25, 0.3) is 0 Å². The Hall–Kier alpha value is -0.420. The summed E-state index contributed by atoms with van der Waals surface area (Å²) in [5.74, 6) is 0. The van der Waals surface area contributed by atoms with Crippen LogP contribution in [0.2, 0.25) is 5.02 Å². The molecule has 2 rings (SSSR count). The molecule has 0 amide bonds. The summed E-state index contributed by atoms with van der Waals surface area (Å²) in [6, 6.07) is 5.79. The number of aryl methyl sites for hydroxylation is 1. The van der Waals surface area contributed by atoms with E-state index in [-0.39, 0.29) is 0 Å². The number of aromatic nitrogens is 1. The highest BCUT2D eigenvalue weighted by molar-refractivity contribution is 9.10. The van der Waals surface area contributed by atoms with E-state index >= 15 is 0 Å². The first-order chi connectivity index (χ1) is 8.38. The van der Waals surface area contributed by atoms with Gasteiger partial charge in [-0.1, -0.05) is 33.6 Å². The molecule has 1 aromatic heterocycles. The molecule has 5 heteroatoms. The molecule has 0 saturated heterocycles. The third-order valence-electron chi connectivity index (χ3n) is 2.76. The molecule has 0 aliphatic heterocycles. The van der Waals surface area contributed by atoms with E-state index in [1.165, 1.54) is 0 Å². The Morgan fingerprint density at radius 1 is 1.50 bits per heavy atom. The molecule has 1 heterocycles. The molecule has 1 atom stereocenters. The van der Waals surface area contributed by atoms with Gasteiger partial charge in [-0.05, 0) is 31.5 Å². The lowest BCUT2D eigenvalue weighted by Crippen LogP contribution is -2.35. The third kappa shape index (κ3) is 3.12. The van der Waals surface area contributed by atoms with Crippen molar-refractivity contribution in [3.8, 4) is 0 Å². The summed E-state index contributed by atoms with van der Waals surface area (Å²) in [5, 5.41) is 3.79. The molecule has 0 aliphatic rings. The molecule has 2 N–H and O–H groups in total. The maximum Gasteiger partial charge on any atom is 0.0897 e. The molecule has 0 fully saturated rings. The van der Waals surface area contributed by atoms with Gasteiger partial charge in [0.1, 0.15) is 0 Å². The summed E-state index contributed by atoms with van der Waals surface area (Å²) in [5.41, 5.74) is 7.84. The van der Waals surface area contributed by atoms with Crippen molar-refractivity contribution in [3.63, 3.8) is 0 Å². The molecular weight excluding hydrogens is 332 g/mol. The van der Waals surface area contributed by atoms with Gasteiger partial charge >= 0.3 is 0 Å². The zero-order valence-electron chi connectivity index (χ0n) is 10.2. The maximum atomic E-state index is 6.40. The van der Waals surface area contributed by atoms with Gasteiger partial charge in [-0.15, -0.1) is 11.3 Å². The number of hydrogen-bond donors (Lipinski definition) is 1. The number of nitrogens with zero attached hydrogens (tertiary/aromatic N) is 1. The highest BCUT2D eigenvalue weighted by Gasteiger charge is 2.25. The van der Waals surface area contributed by atoms with Crippen molar-refractivity contribution >= 4 is 38.9 Å². The number of thiazole rings is 1. The Kier molecular flexibility index (Phi) is 4.11. The second-order valence-electron chi connectivity index (χ2n) is 4.58. The fourth-order valence-electron chi connectivity index (χ4n) is 1.91. The fraction of sp³-hybridized carbons (Fsp3) is 0.308.